The summed E-state index contributed by atoms with van der Waals surface area (Å²) in [5.41, 5.74) is 2.97. The van der Waals surface area contributed by atoms with Crippen LogP contribution in [0.1, 0.15) is 30.5 Å². The summed E-state index contributed by atoms with van der Waals surface area (Å²) < 4.78 is 0. The number of hydrogen-bond donors (Lipinski definition) is 1. The lowest BCUT2D eigenvalue weighted by Crippen LogP contribution is -2.52. The van der Waals surface area contributed by atoms with Gasteiger partial charge in [-0.1, -0.05) is 89.9 Å². The molecular weight excluding hydrogens is 499 g/mol. The molecule has 3 aromatic rings. The van der Waals surface area contributed by atoms with Crippen molar-refractivity contribution in [3.63, 3.8) is 0 Å². The normalized spacial score (nSPS) is 11.8. The van der Waals surface area contributed by atoms with Crippen molar-refractivity contribution in [3.8, 4) is 0 Å². The van der Waals surface area contributed by atoms with Gasteiger partial charge in [-0.3, -0.25) is 9.59 Å². The van der Waals surface area contributed by atoms with Gasteiger partial charge in [-0.25, -0.2) is 0 Å². The maximum Gasteiger partial charge on any atom is 0.243 e. The molecule has 3 aromatic carbocycles. The molecule has 0 aliphatic carbocycles. The highest BCUT2D eigenvalue weighted by Crippen LogP contribution is 2.25. The van der Waals surface area contributed by atoms with Gasteiger partial charge in [0.25, 0.3) is 0 Å². The lowest BCUT2D eigenvalue weighted by molar-refractivity contribution is -0.139. The Bertz CT molecular complexity index is 1110. The summed E-state index contributed by atoms with van der Waals surface area (Å²) in [4.78, 5) is 28.6. The Labute approximate surface area is 222 Å². The van der Waals surface area contributed by atoms with E-state index in [2.05, 4.69) is 5.32 Å². The first kappa shape index (κ1) is 27.1. The van der Waals surface area contributed by atoms with Crippen molar-refractivity contribution in [1.29, 1.82) is 0 Å². The fourth-order valence-corrected chi connectivity index (χ4v) is 4.86. The van der Waals surface area contributed by atoms with Crippen LogP contribution in [-0.2, 0) is 28.3 Å². The van der Waals surface area contributed by atoms with E-state index in [9.17, 15) is 9.59 Å². The number of amides is 2. The molecule has 0 aliphatic heterocycles. The van der Waals surface area contributed by atoms with E-state index in [0.717, 1.165) is 16.7 Å². The topological polar surface area (TPSA) is 49.4 Å². The van der Waals surface area contributed by atoms with Crippen LogP contribution in [0.15, 0.2) is 78.9 Å². The van der Waals surface area contributed by atoms with Crippen LogP contribution >= 0.6 is 35.0 Å². The summed E-state index contributed by atoms with van der Waals surface area (Å²) in [5.74, 6) is 0.623. The molecule has 0 aromatic heterocycles. The first-order valence-corrected chi connectivity index (χ1v) is 13.4. The number of nitrogens with zero attached hydrogens (tertiary/aromatic N) is 1. The van der Waals surface area contributed by atoms with Gasteiger partial charge in [-0.2, -0.15) is 0 Å². The van der Waals surface area contributed by atoms with E-state index in [4.69, 9.17) is 23.2 Å². The average Bonchev–Trinajstić information content (AvgIpc) is 2.84. The Balaban J connectivity index is 1.81. The third-order valence-electron chi connectivity index (χ3n) is 5.38. The molecular formula is C28H30Cl2N2O2S. The van der Waals surface area contributed by atoms with E-state index in [1.54, 1.807) is 11.0 Å². The maximum atomic E-state index is 13.6. The van der Waals surface area contributed by atoms with Gasteiger partial charge in [-0.05, 0) is 42.7 Å². The van der Waals surface area contributed by atoms with Crippen LogP contribution in [0.25, 0.3) is 0 Å². The van der Waals surface area contributed by atoms with Crippen LogP contribution in [-0.4, -0.2) is 34.6 Å². The number of halogens is 2. The predicted octanol–water partition coefficient (Wildman–Crippen LogP) is 6.39. The van der Waals surface area contributed by atoms with Gasteiger partial charge in [0.15, 0.2) is 0 Å². The zero-order valence-electron chi connectivity index (χ0n) is 19.9. The van der Waals surface area contributed by atoms with Crippen molar-refractivity contribution in [3.05, 3.63) is 106 Å². The molecule has 0 spiro atoms. The van der Waals surface area contributed by atoms with Crippen LogP contribution in [0.3, 0.4) is 0 Å². The molecule has 0 bridgehead atoms. The smallest absolute Gasteiger partial charge is 0.243 e. The SMILES string of the molecule is CC(C)NC(=O)C(Cc1ccccc1)N(Cc1ccccc1)C(=O)CSCc1ccc(Cl)c(Cl)c1. The van der Waals surface area contributed by atoms with Crippen LogP contribution in [0.4, 0.5) is 0 Å². The predicted molar refractivity (Wildman–Crippen MR) is 147 cm³/mol. The Hall–Kier alpha value is -2.47. The summed E-state index contributed by atoms with van der Waals surface area (Å²) in [7, 11) is 0. The number of carbonyl (C=O) groups excluding carboxylic acids is 2. The molecule has 184 valence electrons. The van der Waals surface area contributed by atoms with Gasteiger partial charge in [-0.15, -0.1) is 11.8 Å². The molecule has 0 radical (unpaired) electrons. The van der Waals surface area contributed by atoms with E-state index in [1.807, 2.05) is 86.6 Å². The van der Waals surface area contributed by atoms with E-state index in [0.29, 0.717) is 28.8 Å². The summed E-state index contributed by atoms with van der Waals surface area (Å²) in [5, 5.41) is 4.01. The molecule has 1 N–H and O–H groups in total. The lowest BCUT2D eigenvalue weighted by Gasteiger charge is -2.32. The van der Waals surface area contributed by atoms with Gasteiger partial charge in [0.05, 0.1) is 15.8 Å². The lowest BCUT2D eigenvalue weighted by atomic mass is 10.0. The number of hydrogen-bond acceptors (Lipinski definition) is 3. The van der Waals surface area contributed by atoms with Crippen molar-refractivity contribution in [2.24, 2.45) is 0 Å². The fraction of sp³-hybridized carbons (Fsp3) is 0.286. The quantitative estimate of drug-likeness (QED) is 0.313. The van der Waals surface area contributed by atoms with E-state index in [-0.39, 0.29) is 23.6 Å². The van der Waals surface area contributed by atoms with Crippen molar-refractivity contribution < 1.29 is 9.59 Å². The van der Waals surface area contributed by atoms with Gasteiger partial charge in [0, 0.05) is 24.8 Å². The fourth-order valence-electron chi connectivity index (χ4n) is 3.68. The highest BCUT2D eigenvalue weighted by molar-refractivity contribution is 7.99. The largest absolute Gasteiger partial charge is 0.352 e. The highest BCUT2D eigenvalue weighted by Gasteiger charge is 2.30. The van der Waals surface area contributed by atoms with Crippen LogP contribution in [0, 0.1) is 0 Å². The molecule has 0 aliphatic rings. The van der Waals surface area contributed by atoms with Gasteiger partial charge >= 0.3 is 0 Å². The molecule has 2 amide bonds. The summed E-state index contributed by atoms with van der Waals surface area (Å²) in [6.07, 6.45) is 0.440. The van der Waals surface area contributed by atoms with E-state index < -0.39 is 6.04 Å². The van der Waals surface area contributed by atoms with Gasteiger partial charge in [0.2, 0.25) is 11.8 Å². The summed E-state index contributed by atoms with van der Waals surface area (Å²) >= 11 is 13.6. The number of carbonyl (C=O) groups is 2. The highest BCUT2D eigenvalue weighted by atomic mass is 35.5. The Morgan fingerprint density at radius 2 is 1.49 bits per heavy atom. The summed E-state index contributed by atoms with van der Waals surface area (Å²) in [6.45, 7) is 4.21. The zero-order valence-corrected chi connectivity index (χ0v) is 22.2. The molecule has 0 fully saturated rings. The van der Waals surface area contributed by atoms with Crippen molar-refractivity contribution >= 4 is 46.8 Å². The van der Waals surface area contributed by atoms with Crippen LogP contribution < -0.4 is 5.32 Å². The molecule has 35 heavy (non-hydrogen) atoms. The average molecular weight is 530 g/mol. The first-order chi connectivity index (χ1) is 16.8. The van der Waals surface area contributed by atoms with Crippen LogP contribution in [0.2, 0.25) is 10.0 Å². The minimum atomic E-state index is -0.627. The van der Waals surface area contributed by atoms with Crippen molar-refractivity contribution in [2.45, 2.75) is 44.6 Å². The number of benzene rings is 3. The third-order valence-corrected chi connectivity index (χ3v) is 7.10. The van der Waals surface area contributed by atoms with Crippen molar-refractivity contribution in [2.75, 3.05) is 5.75 Å². The molecule has 4 nitrogen and oxygen atoms in total. The second-order valence-corrected chi connectivity index (χ2v) is 10.4. The molecule has 0 heterocycles. The second-order valence-electron chi connectivity index (χ2n) is 8.62. The minimum absolute atomic E-state index is 0.0292. The molecule has 7 heteroatoms. The van der Waals surface area contributed by atoms with Gasteiger partial charge in [0.1, 0.15) is 6.04 Å². The molecule has 1 atom stereocenters. The molecule has 1 unspecified atom stereocenters. The van der Waals surface area contributed by atoms with E-state index in [1.165, 1.54) is 11.8 Å². The molecule has 3 rings (SSSR count). The minimum Gasteiger partial charge on any atom is -0.352 e. The number of rotatable bonds is 11. The van der Waals surface area contributed by atoms with Gasteiger partial charge < -0.3 is 10.2 Å². The molecule has 0 saturated heterocycles. The summed E-state index contributed by atoms with van der Waals surface area (Å²) in [6, 6.07) is 24.4. The first-order valence-electron chi connectivity index (χ1n) is 11.5. The third kappa shape index (κ3) is 8.60. The number of nitrogens with one attached hydrogen (secondary N) is 1. The second kappa shape index (κ2) is 13.6. The standard InChI is InChI=1S/C28H30Cl2N2O2S/c1-20(2)31-28(34)26(16-21-9-5-3-6-10-21)32(17-22-11-7-4-8-12-22)27(33)19-35-18-23-13-14-24(29)25(30)15-23/h3-15,20,26H,16-19H2,1-2H3,(H,31,34). The van der Waals surface area contributed by atoms with Crippen molar-refractivity contribution in [1.82, 2.24) is 10.2 Å². The maximum absolute atomic E-state index is 13.6. The van der Waals surface area contributed by atoms with E-state index >= 15 is 0 Å². The Kier molecular flexibility index (Phi) is 10.5. The van der Waals surface area contributed by atoms with Crippen LogP contribution in [0.5, 0.6) is 0 Å². The monoisotopic (exact) mass is 528 g/mol. The number of thioether (sulfide) groups is 1. The zero-order chi connectivity index (χ0) is 25.2. The Morgan fingerprint density at radius 1 is 0.857 bits per heavy atom. The Morgan fingerprint density at radius 3 is 2.09 bits per heavy atom. The molecule has 0 saturated carbocycles.